The molecule has 0 aromatic carbocycles. The van der Waals surface area contributed by atoms with E-state index in [2.05, 4.69) is 39.1 Å². The number of fused-ring (bicyclic) bond motifs is 1. The molecule has 0 saturated heterocycles. The minimum absolute atomic E-state index is 0.0435. The van der Waals surface area contributed by atoms with E-state index in [1.165, 1.54) is 0 Å². The maximum Gasteiger partial charge on any atom is 0.112 e. The molecular formula is C21H21N9. The molecule has 0 bridgehead atoms. The van der Waals surface area contributed by atoms with Crippen molar-refractivity contribution in [3.05, 3.63) is 48.7 Å². The Morgan fingerprint density at radius 1 is 1.43 bits per heavy atom. The topological polar surface area (TPSA) is 122 Å². The standard InChI is InChI=1S/C21H21N9/c1-3-30(21(6-7-22)11-16(12-21)13-23)25-8-4-17-20-5-9-24-29(20)14-19(26-17)18-10-15(2)27-28-18/h3,5,8-10,14,16H,1,4,6,11-12H2,2H3,(H,27,28)/b25-8-/t16-,21-. The van der Waals surface area contributed by atoms with Gasteiger partial charge in [-0.3, -0.25) is 10.1 Å². The van der Waals surface area contributed by atoms with Crippen LogP contribution in [0.3, 0.4) is 0 Å². The number of rotatable bonds is 7. The first kappa shape index (κ1) is 19.3. The van der Waals surface area contributed by atoms with E-state index in [4.69, 9.17) is 10.2 Å². The molecular weight excluding hydrogens is 378 g/mol. The summed E-state index contributed by atoms with van der Waals surface area (Å²) in [4.78, 5) is 4.76. The fraction of sp³-hybridized carbons (Fsp3) is 0.333. The lowest BCUT2D eigenvalue weighted by molar-refractivity contribution is 0.0343. The van der Waals surface area contributed by atoms with Gasteiger partial charge < -0.3 is 0 Å². The SMILES string of the molecule is C=CN(/N=C\Cc1nc(-c2cc(C)[nH]n2)cn2nccc12)[C@]1(CC#N)C[C@@H](C#N)C1. The van der Waals surface area contributed by atoms with Crippen LogP contribution in [0.1, 0.15) is 30.7 Å². The molecule has 0 radical (unpaired) electrons. The summed E-state index contributed by atoms with van der Waals surface area (Å²) in [6.07, 6.45) is 8.95. The molecule has 9 heteroatoms. The van der Waals surface area contributed by atoms with Crippen molar-refractivity contribution in [2.45, 2.75) is 38.1 Å². The second-order valence-corrected chi connectivity index (χ2v) is 7.49. The quantitative estimate of drug-likeness (QED) is 0.481. The predicted octanol–water partition coefficient (Wildman–Crippen LogP) is 2.99. The van der Waals surface area contributed by atoms with E-state index in [1.54, 1.807) is 28.1 Å². The lowest BCUT2D eigenvalue weighted by Crippen LogP contribution is -2.53. The van der Waals surface area contributed by atoms with Gasteiger partial charge in [-0.25, -0.2) is 9.50 Å². The number of hydrogen-bond donors (Lipinski definition) is 1. The molecule has 0 spiro atoms. The van der Waals surface area contributed by atoms with Crippen LogP contribution in [0.15, 0.2) is 42.4 Å². The van der Waals surface area contributed by atoms with Crippen molar-refractivity contribution in [1.82, 2.24) is 29.8 Å². The molecule has 1 fully saturated rings. The largest absolute Gasteiger partial charge is 0.282 e. The molecule has 1 aliphatic rings. The number of aromatic amines is 1. The third-order valence-electron chi connectivity index (χ3n) is 5.43. The van der Waals surface area contributed by atoms with Crippen LogP contribution in [0.2, 0.25) is 0 Å². The second-order valence-electron chi connectivity index (χ2n) is 7.49. The molecule has 30 heavy (non-hydrogen) atoms. The molecule has 0 atom stereocenters. The maximum absolute atomic E-state index is 9.23. The zero-order chi connectivity index (χ0) is 21.1. The number of nitrogens with one attached hydrogen (secondary N) is 1. The monoisotopic (exact) mass is 399 g/mol. The van der Waals surface area contributed by atoms with Crippen LogP contribution in [-0.2, 0) is 6.42 Å². The van der Waals surface area contributed by atoms with Gasteiger partial charge in [0.15, 0.2) is 0 Å². The third kappa shape index (κ3) is 3.42. The molecule has 9 nitrogen and oxygen atoms in total. The van der Waals surface area contributed by atoms with Gasteiger partial charge in [0.25, 0.3) is 0 Å². The average Bonchev–Trinajstić information content (AvgIpc) is 3.36. The highest BCUT2D eigenvalue weighted by Crippen LogP contribution is 2.45. The van der Waals surface area contributed by atoms with Gasteiger partial charge in [-0.1, -0.05) is 6.58 Å². The Hall–Kier alpha value is -3.98. The van der Waals surface area contributed by atoms with Crippen LogP contribution >= 0.6 is 0 Å². The molecule has 1 saturated carbocycles. The number of aryl methyl sites for hydroxylation is 1. The Morgan fingerprint density at radius 3 is 2.93 bits per heavy atom. The number of H-pyrrole nitrogens is 1. The normalized spacial score (nSPS) is 20.6. The van der Waals surface area contributed by atoms with Crippen molar-refractivity contribution in [2.24, 2.45) is 11.0 Å². The summed E-state index contributed by atoms with van der Waals surface area (Å²) >= 11 is 0. The minimum Gasteiger partial charge on any atom is -0.282 e. The van der Waals surface area contributed by atoms with Crippen molar-refractivity contribution < 1.29 is 0 Å². The van der Waals surface area contributed by atoms with E-state index >= 15 is 0 Å². The Kier molecular flexibility index (Phi) is 5.03. The molecule has 1 N–H and O–H groups in total. The number of hydrogen-bond acceptors (Lipinski definition) is 7. The first-order valence-electron chi connectivity index (χ1n) is 9.65. The van der Waals surface area contributed by atoms with Gasteiger partial charge in [0, 0.05) is 24.5 Å². The average molecular weight is 399 g/mol. The van der Waals surface area contributed by atoms with Gasteiger partial charge in [0.1, 0.15) is 11.4 Å². The predicted molar refractivity (Wildman–Crippen MR) is 111 cm³/mol. The van der Waals surface area contributed by atoms with Crippen molar-refractivity contribution in [2.75, 3.05) is 0 Å². The highest BCUT2D eigenvalue weighted by molar-refractivity contribution is 5.68. The van der Waals surface area contributed by atoms with E-state index in [-0.39, 0.29) is 5.92 Å². The summed E-state index contributed by atoms with van der Waals surface area (Å²) in [5, 5.41) is 36.2. The molecule has 0 unspecified atom stereocenters. The van der Waals surface area contributed by atoms with E-state index in [9.17, 15) is 5.26 Å². The van der Waals surface area contributed by atoms with E-state index in [1.807, 2.05) is 25.3 Å². The van der Waals surface area contributed by atoms with Gasteiger partial charge in [-0.05, 0) is 31.9 Å². The fourth-order valence-electron chi connectivity index (χ4n) is 3.90. The summed E-state index contributed by atoms with van der Waals surface area (Å²) in [5.74, 6) is -0.0435. The summed E-state index contributed by atoms with van der Waals surface area (Å²) in [7, 11) is 0. The lowest BCUT2D eigenvalue weighted by atomic mass is 9.67. The van der Waals surface area contributed by atoms with E-state index < -0.39 is 5.54 Å². The molecule has 3 heterocycles. The molecule has 0 aliphatic heterocycles. The van der Waals surface area contributed by atoms with Crippen LogP contribution in [-0.4, -0.2) is 41.6 Å². The fourth-order valence-corrected chi connectivity index (χ4v) is 3.90. The Balaban J connectivity index is 1.59. The van der Waals surface area contributed by atoms with Crippen molar-refractivity contribution in [3.8, 4) is 23.5 Å². The van der Waals surface area contributed by atoms with Crippen molar-refractivity contribution in [1.29, 1.82) is 10.5 Å². The molecule has 0 amide bonds. The van der Waals surface area contributed by atoms with E-state index in [0.717, 1.165) is 28.3 Å². The lowest BCUT2D eigenvalue weighted by Gasteiger charge is -2.48. The molecule has 150 valence electrons. The van der Waals surface area contributed by atoms with Gasteiger partial charge in [0.05, 0.1) is 53.6 Å². The van der Waals surface area contributed by atoms with Gasteiger partial charge >= 0.3 is 0 Å². The summed E-state index contributed by atoms with van der Waals surface area (Å²) in [6.45, 7) is 5.78. The minimum atomic E-state index is -0.457. The van der Waals surface area contributed by atoms with Crippen LogP contribution in [0.4, 0.5) is 0 Å². The first-order valence-corrected chi connectivity index (χ1v) is 9.65. The van der Waals surface area contributed by atoms with Crippen LogP contribution < -0.4 is 0 Å². The number of aromatic nitrogens is 5. The van der Waals surface area contributed by atoms with Gasteiger partial charge in [0.2, 0.25) is 0 Å². The second kappa shape index (κ2) is 7.80. The maximum atomic E-state index is 9.23. The summed E-state index contributed by atoms with van der Waals surface area (Å²) in [5.41, 5.74) is 3.67. The van der Waals surface area contributed by atoms with Gasteiger partial charge in [-0.2, -0.15) is 25.8 Å². The first-order chi connectivity index (χ1) is 14.6. The molecule has 1 aliphatic carbocycles. The highest BCUT2D eigenvalue weighted by atomic mass is 15.5. The number of hydrazone groups is 1. The molecule has 3 aromatic heterocycles. The summed E-state index contributed by atoms with van der Waals surface area (Å²) < 4.78 is 1.78. The van der Waals surface area contributed by atoms with Crippen molar-refractivity contribution in [3.63, 3.8) is 0 Å². The van der Waals surface area contributed by atoms with Crippen LogP contribution in [0, 0.1) is 35.5 Å². The third-order valence-corrected chi connectivity index (χ3v) is 5.43. The Labute approximate surface area is 174 Å². The summed E-state index contributed by atoms with van der Waals surface area (Å²) in [6, 6.07) is 8.32. The zero-order valence-corrected chi connectivity index (χ0v) is 16.7. The molecule has 3 aromatic rings. The Morgan fingerprint density at radius 2 is 2.27 bits per heavy atom. The number of nitriles is 2. The smallest absolute Gasteiger partial charge is 0.112 e. The molecule has 4 rings (SSSR count). The highest BCUT2D eigenvalue weighted by Gasteiger charge is 2.48. The van der Waals surface area contributed by atoms with Crippen LogP contribution in [0.25, 0.3) is 16.9 Å². The number of nitrogens with zero attached hydrogens (tertiary/aromatic N) is 8. The van der Waals surface area contributed by atoms with E-state index in [0.29, 0.717) is 25.7 Å². The Bertz CT molecular complexity index is 1180. The van der Waals surface area contributed by atoms with Crippen LogP contribution in [0.5, 0.6) is 0 Å². The zero-order valence-electron chi connectivity index (χ0n) is 16.7. The van der Waals surface area contributed by atoms with Gasteiger partial charge in [-0.15, -0.1) is 0 Å². The van der Waals surface area contributed by atoms with Crippen molar-refractivity contribution >= 4 is 11.7 Å².